The topological polar surface area (TPSA) is 90.3 Å². The Hall–Kier alpha value is -2.93. The first kappa shape index (κ1) is 22.4. The van der Waals surface area contributed by atoms with Gasteiger partial charge in [-0.25, -0.2) is 4.79 Å². The number of esters is 1. The van der Waals surface area contributed by atoms with Gasteiger partial charge in [-0.2, -0.15) is 5.10 Å². The Bertz CT molecular complexity index is 932. The molecule has 1 amide bonds. The molecule has 0 spiro atoms. The second-order valence-corrected chi connectivity index (χ2v) is 6.92. The molecule has 1 atom stereocenters. The summed E-state index contributed by atoms with van der Waals surface area (Å²) in [5.74, 6) is -1.08. The fourth-order valence-corrected chi connectivity index (χ4v) is 2.89. The van der Waals surface area contributed by atoms with Crippen molar-refractivity contribution < 1.29 is 19.1 Å². The first-order chi connectivity index (χ1) is 13.7. The van der Waals surface area contributed by atoms with Crippen LogP contribution in [0.4, 0.5) is 5.69 Å². The number of carbonyl (C=O) groups excluding carboxylic acids is 3. The van der Waals surface area contributed by atoms with E-state index in [2.05, 4.69) is 10.4 Å². The highest BCUT2D eigenvalue weighted by Gasteiger charge is 2.19. The van der Waals surface area contributed by atoms with Crippen LogP contribution >= 0.6 is 11.6 Å². The van der Waals surface area contributed by atoms with Gasteiger partial charge < -0.3 is 10.1 Å². The maximum Gasteiger partial charge on any atom is 0.331 e. The highest BCUT2D eigenvalue weighted by Crippen LogP contribution is 2.20. The van der Waals surface area contributed by atoms with Crippen LogP contribution in [0.15, 0.2) is 30.3 Å². The third kappa shape index (κ3) is 6.02. The van der Waals surface area contributed by atoms with Gasteiger partial charge in [0.25, 0.3) is 0 Å². The van der Waals surface area contributed by atoms with Crippen molar-refractivity contribution in [2.24, 2.45) is 7.05 Å². The molecule has 1 heterocycles. The smallest absolute Gasteiger partial charge is 0.331 e. The predicted octanol–water partition coefficient (Wildman–Crippen LogP) is 3.95. The largest absolute Gasteiger partial charge is 0.451 e. The zero-order valence-corrected chi connectivity index (χ0v) is 17.6. The van der Waals surface area contributed by atoms with Gasteiger partial charge in [0.05, 0.1) is 5.69 Å². The molecular formula is C21H24ClN3O4. The number of ether oxygens (including phenoxy) is 1. The van der Waals surface area contributed by atoms with Crippen LogP contribution in [-0.2, 0) is 21.4 Å². The number of hydrogen-bond donors (Lipinski definition) is 1. The molecule has 1 aromatic carbocycles. The van der Waals surface area contributed by atoms with Crippen molar-refractivity contribution in [1.29, 1.82) is 0 Å². The predicted molar refractivity (Wildman–Crippen MR) is 112 cm³/mol. The van der Waals surface area contributed by atoms with Crippen molar-refractivity contribution in [2.45, 2.75) is 39.7 Å². The number of aromatic nitrogens is 2. The van der Waals surface area contributed by atoms with Crippen LogP contribution < -0.4 is 5.32 Å². The lowest BCUT2D eigenvalue weighted by molar-refractivity contribution is -0.140. The van der Waals surface area contributed by atoms with E-state index in [-0.39, 0.29) is 11.7 Å². The number of benzene rings is 1. The van der Waals surface area contributed by atoms with Gasteiger partial charge in [0.15, 0.2) is 6.10 Å². The summed E-state index contributed by atoms with van der Waals surface area (Å²) >= 11 is 6.11. The molecule has 0 bridgehead atoms. The van der Waals surface area contributed by atoms with Crippen molar-refractivity contribution in [2.75, 3.05) is 5.32 Å². The summed E-state index contributed by atoms with van der Waals surface area (Å²) in [6.45, 7) is 5.20. The van der Waals surface area contributed by atoms with Crippen LogP contribution in [0.5, 0.6) is 0 Å². The molecule has 2 rings (SSSR count). The zero-order chi connectivity index (χ0) is 21.6. The molecule has 7 nitrogen and oxygen atoms in total. The SMILES string of the molecule is CCCC(=O)Nc1ccc(C(=O)C(C)OC(=O)/C=C/c2c(C)nn(C)c2Cl)cc1. The summed E-state index contributed by atoms with van der Waals surface area (Å²) in [5, 5.41) is 7.31. The molecule has 0 aliphatic heterocycles. The van der Waals surface area contributed by atoms with Gasteiger partial charge in [0.1, 0.15) is 5.15 Å². The molecule has 0 fully saturated rings. The van der Waals surface area contributed by atoms with Gasteiger partial charge in [-0.3, -0.25) is 14.3 Å². The number of nitrogens with one attached hydrogen (secondary N) is 1. The number of nitrogens with zero attached hydrogens (tertiary/aromatic N) is 2. The lowest BCUT2D eigenvalue weighted by Crippen LogP contribution is -2.23. The number of Topliss-reactive ketones (excluding diaryl/α,β-unsaturated/α-hetero) is 1. The Morgan fingerprint density at radius 3 is 2.48 bits per heavy atom. The van der Waals surface area contributed by atoms with Gasteiger partial charge in [0.2, 0.25) is 11.7 Å². The van der Waals surface area contributed by atoms with E-state index in [1.54, 1.807) is 38.2 Å². The Balaban J connectivity index is 1.96. The van der Waals surface area contributed by atoms with Crippen molar-refractivity contribution in [3.8, 4) is 0 Å². The van der Waals surface area contributed by atoms with Crippen LogP contribution in [0.25, 0.3) is 6.08 Å². The number of amides is 1. The number of hydrogen-bond acceptors (Lipinski definition) is 5. The molecule has 29 heavy (non-hydrogen) atoms. The van der Waals surface area contributed by atoms with E-state index in [0.29, 0.717) is 34.1 Å². The fraction of sp³-hybridized carbons (Fsp3) is 0.333. The van der Waals surface area contributed by atoms with E-state index in [9.17, 15) is 14.4 Å². The molecule has 0 aliphatic carbocycles. The molecule has 2 aromatic rings. The quantitative estimate of drug-likeness (QED) is 0.399. The van der Waals surface area contributed by atoms with Crippen molar-refractivity contribution in [1.82, 2.24) is 9.78 Å². The molecule has 0 saturated carbocycles. The standard InChI is InChI=1S/C21H24ClN3O4/c1-5-6-18(26)23-16-9-7-15(8-10-16)20(28)14(3)29-19(27)12-11-17-13(2)24-25(4)21(17)22/h7-12,14H,5-6H2,1-4H3,(H,23,26)/b12-11+. The number of carbonyl (C=O) groups is 3. The zero-order valence-electron chi connectivity index (χ0n) is 16.9. The van der Waals surface area contributed by atoms with Gasteiger partial charge >= 0.3 is 5.97 Å². The normalized spacial score (nSPS) is 12.0. The van der Waals surface area contributed by atoms with Crippen molar-refractivity contribution in [3.63, 3.8) is 0 Å². The minimum atomic E-state index is -0.960. The summed E-state index contributed by atoms with van der Waals surface area (Å²) in [6, 6.07) is 6.45. The molecule has 1 N–H and O–H groups in total. The number of rotatable bonds is 8. The number of aryl methyl sites for hydroxylation is 2. The van der Waals surface area contributed by atoms with Crippen LogP contribution in [-0.4, -0.2) is 33.5 Å². The van der Waals surface area contributed by atoms with E-state index < -0.39 is 12.1 Å². The van der Waals surface area contributed by atoms with E-state index >= 15 is 0 Å². The fourth-order valence-electron chi connectivity index (χ4n) is 2.66. The monoisotopic (exact) mass is 417 g/mol. The molecule has 0 saturated heterocycles. The van der Waals surface area contributed by atoms with E-state index in [4.69, 9.17) is 16.3 Å². The Morgan fingerprint density at radius 2 is 1.93 bits per heavy atom. The highest BCUT2D eigenvalue weighted by atomic mass is 35.5. The van der Waals surface area contributed by atoms with Crippen LogP contribution in [0.2, 0.25) is 5.15 Å². The Labute approximate surface area is 174 Å². The summed E-state index contributed by atoms with van der Waals surface area (Å²) in [4.78, 5) is 36.1. The van der Waals surface area contributed by atoms with Gasteiger partial charge in [-0.15, -0.1) is 0 Å². The third-order valence-electron chi connectivity index (χ3n) is 4.17. The van der Waals surface area contributed by atoms with E-state index in [1.807, 2.05) is 6.92 Å². The van der Waals surface area contributed by atoms with Crippen molar-refractivity contribution >= 4 is 41.0 Å². The Kier molecular flexibility index (Phi) is 7.73. The summed E-state index contributed by atoms with van der Waals surface area (Å²) in [7, 11) is 1.70. The van der Waals surface area contributed by atoms with Gasteiger partial charge in [-0.1, -0.05) is 18.5 Å². The average Bonchev–Trinajstić information content (AvgIpc) is 2.91. The number of ketones is 1. The number of halogens is 1. The second kappa shape index (κ2) is 10.0. The molecule has 1 aromatic heterocycles. The van der Waals surface area contributed by atoms with Gasteiger partial charge in [0, 0.05) is 36.4 Å². The Morgan fingerprint density at radius 1 is 1.28 bits per heavy atom. The molecule has 0 radical (unpaired) electrons. The molecule has 1 unspecified atom stereocenters. The molecule has 8 heteroatoms. The lowest BCUT2D eigenvalue weighted by Gasteiger charge is -2.11. The van der Waals surface area contributed by atoms with Gasteiger partial charge in [-0.05, 0) is 50.6 Å². The molecule has 154 valence electrons. The summed E-state index contributed by atoms with van der Waals surface area (Å²) in [6.07, 6.45) is 2.96. The molecular weight excluding hydrogens is 394 g/mol. The number of anilines is 1. The molecule has 0 aliphatic rings. The minimum Gasteiger partial charge on any atom is -0.451 e. The van der Waals surface area contributed by atoms with E-state index in [1.165, 1.54) is 23.8 Å². The maximum atomic E-state index is 12.5. The maximum absolute atomic E-state index is 12.5. The average molecular weight is 418 g/mol. The summed E-state index contributed by atoms with van der Waals surface area (Å²) in [5.41, 5.74) is 2.29. The first-order valence-corrected chi connectivity index (χ1v) is 9.62. The van der Waals surface area contributed by atoms with Crippen LogP contribution in [0.1, 0.15) is 48.3 Å². The summed E-state index contributed by atoms with van der Waals surface area (Å²) < 4.78 is 6.69. The second-order valence-electron chi connectivity index (χ2n) is 6.57. The van der Waals surface area contributed by atoms with Crippen LogP contribution in [0, 0.1) is 6.92 Å². The third-order valence-corrected chi connectivity index (χ3v) is 4.62. The van der Waals surface area contributed by atoms with E-state index in [0.717, 1.165) is 6.42 Å². The van der Waals surface area contributed by atoms with Crippen LogP contribution in [0.3, 0.4) is 0 Å². The highest BCUT2D eigenvalue weighted by molar-refractivity contribution is 6.31. The first-order valence-electron chi connectivity index (χ1n) is 9.24. The van der Waals surface area contributed by atoms with Crippen molar-refractivity contribution in [3.05, 3.63) is 52.3 Å². The minimum absolute atomic E-state index is 0.0791. The lowest BCUT2D eigenvalue weighted by atomic mass is 10.1.